The molecule has 0 fully saturated rings. The van der Waals surface area contributed by atoms with Crippen LogP contribution in [0.1, 0.15) is 11.1 Å². The van der Waals surface area contributed by atoms with Crippen LogP contribution in [0.2, 0.25) is 0 Å². The molecular weight excluding hydrogens is 605 g/mol. The smallest absolute Gasteiger partial charge is 0.160 e. The number of aromatic nitrogens is 2. The summed E-state index contributed by atoms with van der Waals surface area (Å²) in [5, 5.41) is 0. The minimum Gasteiger partial charge on any atom is -0.228 e. The van der Waals surface area contributed by atoms with E-state index in [1.54, 1.807) is 0 Å². The van der Waals surface area contributed by atoms with Gasteiger partial charge in [0.1, 0.15) is 0 Å². The van der Waals surface area contributed by atoms with Crippen molar-refractivity contribution >= 4 is 0 Å². The molecule has 2 heteroatoms. The summed E-state index contributed by atoms with van der Waals surface area (Å²) >= 11 is 0. The normalized spacial score (nSPS) is 11.0. The van der Waals surface area contributed by atoms with Gasteiger partial charge in [-0.25, -0.2) is 9.97 Å². The Balaban J connectivity index is 1.33. The summed E-state index contributed by atoms with van der Waals surface area (Å²) in [7, 11) is 0. The monoisotopic (exact) mass is 640 g/mol. The quantitative estimate of drug-likeness (QED) is 0.173. The molecular formula is C48H36N2. The number of rotatable bonds is 7. The number of hydrogen-bond acceptors (Lipinski definition) is 2. The molecule has 0 N–H and O–H groups in total. The molecule has 0 aliphatic heterocycles. The van der Waals surface area contributed by atoms with Gasteiger partial charge < -0.3 is 0 Å². The maximum atomic E-state index is 5.27. The van der Waals surface area contributed by atoms with Crippen LogP contribution in [-0.2, 0) is 0 Å². The van der Waals surface area contributed by atoms with Gasteiger partial charge in [-0.15, -0.1) is 0 Å². The average Bonchev–Trinajstić information content (AvgIpc) is 3.19. The molecule has 0 aliphatic carbocycles. The summed E-state index contributed by atoms with van der Waals surface area (Å²) < 4.78 is 0. The average molecular weight is 641 g/mol. The Hall–Kier alpha value is -6.38. The highest BCUT2D eigenvalue weighted by molar-refractivity contribution is 5.89. The summed E-state index contributed by atoms with van der Waals surface area (Å²) in [4.78, 5) is 10.4. The lowest BCUT2D eigenvalue weighted by Gasteiger charge is -2.16. The van der Waals surface area contributed by atoms with Crippen LogP contribution in [0.15, 0.2) is 182 Å². The number of hydrogen-bond donors (Lipinski definition) is 0. The van der Waals surface area contributed by atoms with Crippen LogP contribution in [0, 0.1) is 13.8 Å². The van der Waals surface area contributed by atoms with Crippen LogP contribution >= 0.6 is 0 Å². The number of aryl methyl sites for hydroxylation is 2. The van der Waals surface area contributed by atoms with E-state index in [4.69, 9.17) is 9.97 Å². The van der Waals surface area contributed by atoms with E-state index in [0.717, 1.165) is 50.3 Å². The second-order valence-electron chi connectivity index (χ2n) is 12.8. The highest BCUT2D eigenvalue weighted by Crippen LogP contribution is 2.39. The molecule has 1 aromatic heterocycles. The fourth-order valence-electron chi connectivity index (χ4n) is 6.48. The molecule has 0 spiro atoms. The zero-order valence-electron chi connectivity index (χ0n) is 28.2. The van der Waals surface area contributed by atoms with Gasteiger partial charge in [0.25, 0.3) is 0 Å². The molecule has 0 atom stereocenters. The summed E-state index contributed by atoms with van der Waals surface area (Å²) in [6, 6.07) is 64.7. The predicted molar refractivity (Wildman–Crippen MR) is 210 cm³/mol. The van der Waals surface area contributed by atoms with Crippen molar-refractivity contribution in [2.75, 3.05) is 0 Å². The highest BCUT2D eigenvalue weighted by atomic mass is 14.9. The lowest BCUT2D eigenvalue weighted by atomic mass is 9.90. The Morgan fingerprint density at radius 1 is 0.280 bits per heavy atom. The minimum atomic E-state index is 0.702. The van der Waals surface area contributed by atoms with Crippen molar-refractivity contribution in [2.24, 2.45) is 0 Å². The first-order valence-electron chi connectivity index (χ1n) is 17.1. The zero-order valence-corrected chi connectivity index (χ0v) is 28.2. The summed E-state index contributed by atoms with van der Waals surface area (Å²) in [6.45, 7) is 4.25. The van der Waals surface area contributed by atoms with Crippen molar-refractivity contribution in [3.63, 3.8) is 0 Å². The molecule has 1 heterocycles. The van der Waals surface area contributed by atoms with Crippen LogP contribution in [0.25, 0.3) is 78.4 Å². The zero-order chi connectivity index (χ0) is 33.9. The van der Waals surface area contributed by atoms with Crippen LogP contribution in [0.3, 0.4) is 0 Å². The van der Waals surface area contributed by atoms with Gasteiger partial charge >= 0.3 is 0 Å². The highest BCUT2D eigenvalue weighted by Gasteiger charge is 2.16. The Bertz CT molecular complexity index is 2350. The Morgan fingerprint density at radius 2 is 0.720 bits per heavy atom. The lowest BCUT2D eigenvalue weighted by Crippen LogP contribution is -1.97. The van der Waals surface area contributed by atoms with Crippen LogP contribution in [0.5, 0.6) is 0 Å². The fraction of sp³-hybridized carbons (Fsp3) is 0.0417. The van der Waals surface area contributed by atoms with Gasteiger partial charge in [-0.05, 0) is 82.6 Å². The van der Waals surface area contributed by atoms with E-state index in [0.29, 0.717) is 5.82 Å². The molecule has 0 saturated heterocycles. The van der Waals surface area contributed by atoms with E-state index in [1.165, 1.54) is 33.4 Å². The van der Waals surface area contributed by atoms with Crippen molar-refractivity contribution < 1.29 is 0 Å². The molecule has 8 aromatic rings. The second-order valence-corrected chi connectivity index (χ2v) is 12.8. The molecule has 0 radical (unpaired) electrons. The van der Waals surface area contributed by atoms with Gasteiger partial charge in [0, 0.05) is 16.7 Å². The first kappa shape index (κ1) is 30.9. The SMILES string of the molecule is Cc1ccc(-c2cccc(-c3ccc(-c4cccc(-c5ccc(C)cc5)c4)c(-c4cc(-c5ccccc5)nc(-c5ccccc5)n4)c3)c2)cc1. The number of nitrogens with zero attached hydrogens (tertiary/aromatic N) is 2. The Morgan fingerprint density at radius 3 is 1.32 bits per heavy atom. The van der Waals surface area contributed by atoms with Crippen LogP contribution < -0.4 is 0 Å². The maximum Gasteiger partial charge on any atom is 0.160 e. The second kappa shape index (κ2) is 13.6. The molecule has 0 aliphatic rings. The third-order valence-corrected chi connectivity index (χ3v) is 9.26. The molecule has 2 nitrogen and oxygen atoms in total. The van der Waals surface area contributed by atoms with E-state index in [2.05, 4.69) is 172 Å². The topological polar surface area (TPSA) is 25.8 Å². The first-order valence-corrected chi connectivity index (χ1v) is 17.1. The molecule has 0 unspecified atom stereocenters. The van der Waals surface area contributed by atoms with Crippen molar-refractivity contribution in [1.29, 1.82) is 0 Å². The summed E-state index contributed by atoms with van der Waals surface area (Å²) in [5.41, 5.74) is 16.7. The maximum absolute atomic E-state index is 5.27. The van der Waals surface area contributed by atoms with Crippen LogP contribution in [0.4, 0.5) is 0 Å². The third-order valence-electron chi connectivity index (χ3n) is 9.26. The summed E-state index contributed by atoms with van der Waals surface area (Å²) in [5.74, 6) is 0.702. The molecule has 50 heavy (non-hydrogen) atoms. The van der Waals surface area contributed by atoms with Gasteiger partial charge in [0.15, 0.2) is 5.82 Å². The van der Waals surface area contributed by atoms with E-state index < -0.39 is 0 Å². The molecule has 0 bridgehead atoms. The van der Waals surface area contributed by atoms with E-state index in [1.807, 2.05) is 24.3 Å². The van der Waals surface area contributed by atoms with Crippen molar-refractivity contribution in [1.82, 2.24) is 9.97 Å². The first-order chi connectivity index (χ1) is 24.6. The van der Waals surface area contributed by atoms with Gasteiger partial charge in [-0.3, -0.25) is 0 Å². The Labute approximate surface area is 294 Å². The molecule has 7 aromatic carbocycles. The van der Waals surface area contributed by atoms with Crippen molar-refractivity contribution in [3.05, 3.63) is 193 Å². The Kier molecular flexibility index (Phi) is 8.42. The van der Waals surface area contributed by atoms with E-state index in [9.17, 15) is 0 Å². The molecule has 238 valence electrons. The van der Waals surface area contributed by atoms with Crippen molar-refractivity contribution in [2.45, 2.75) is 13.8 Å². The summed E-state index contributed by atoms with van der Waals surface area (Å²) in [6.07, 6.45) is 0. The van der Waals surface area contributed by atoms with E-state index in [-0.39, 0.29) is 0 Å². The minimum absolute atomic E-state index is 0.702. The molecule has 8 rings (SSSR count). The lowest BCUT2D eigenvalue weighted by molar-refractivity contribution is 1.18. The van der Waals surface area contributed by atoms with E-state index >= 15 is 0 Å². The standard InChI is InChI=1S/C48H36N2/c1-33-19-23-35(24-20-33)39-15-9-17-41(29-39)42-27-28-44(43-18-10-16-40(30-43)36-25-21-34(2)22-26-36)45(31-42)47-32-46(37-11-5-3-6-12-37)49-48(50-47)38-13-7-4-8-14-38/h3-32H,1-2H3. The van der Waals surface area contributed by atoms with Crippen molar-refractivity contribution in [3.8, 4) is 78.4 Å². The molecule has 0 amide bonds. The third kappa shape index (κ3) is 6.52. The van der Waals surface area contributed by atoms with Gasteiger partial charge in [0.2, 0.25) is 0 Å². The largest absolute Gasteiger partial charge is 0.228 e. The van der Waals surface area contributed by atoms with Gasteiger partial charge in [-0.2, -0.15) is 0 Å². The fourth-order valence-corrected chi connectivity index (χ4v) is 6.48. The number of benzene rings is 7. The van der Waals surface area contributed by atoms with Gasteiger partial charge in [-0.1, -0.05) is 169 Å². The predicted octanol–water partition coefficient (Wildman–Crippen LogP) is 12.8. The molecule has 0 saturated carbocycles. The van der Waals surface area contributed by atoms with Gasteiger partial charge in [0.05, 0.1) is 11.4 Å². The van der Waals surface area contributed by atoms with Crippen LogP contribution in [-0.4, -0.2) is 9.97 Å².